The molecule has 1 amide bonds. The average molecular weight is 390 g/mol. The van der Waals surface area contributed by atoms with E-state index in [4.69, 9.17) is 9.47 Å². The fourth-order valence-electron chi connectivity index (χ4n) is 3.22. The van der Waals surface area contributed by atoms with E-state index in [1.54, 1.807) is 4.90 Å². The van der Waals surface area contributed by atoms with E-state index in [1.807, 2.05) is 24.3 Å². The highest BCUT2D eigenvalue weighted by Gasteiger charge is 2.21. The molecule has 0 bridgehead atoms. The zero-order valence-electron chi connectivity index (χ0n) is 16.3. The summed E-state index contributed by atoms with van der Waals surface area (Å²) in [5, 5.41) is 13.1. The molecule has 7 heteroatoms. The molecule has 2 N–H and O–H groups in total. The van der Waals surface area contributed by atoms with Crippen LogP contribution in [0.3, 0.4) is 0 Å². The summed E-state index contributed by atoms with van der Waals surface area (Å²) < 4.78 is 10.3. The second-order valence-electron chi connectivity index (χ2n) is 7.55. The zero-order valence-corrected chi connectivity index (χ0v) is 16.3. The lowest BCUT2D eigenvalue weighted by Gasteiger charge is -2.27. The SMILES string of the molecule is O=C(CCCCC1CC1)OC[C@H](O)CNc1ccc(N2CCOCC2=O)cc1. The number of nitrogens with one attached hydrogen (secondary N) is 1. The number of carbonyl (C=O) groups is 2. The van der Waals surface area contributed by atoms with E-state index in [9.17, 15) is 14.7 Å². The van der Waals surface area contributed by atoms with Gasteiger partial charge in [0.05, 0.1) is 6.61 Å². The maximum atomic E-state index is 11.8. The number of aliphatic hydroxyl groups excluding tert-OH is 1. The van der Waals surface area contributed by atoms with Gasteiger partial charge in [0, 0.05) is 30.9 Å². The number of benzene rings is 1. The lowest BCUT2D eigenvalue weighted by atomic mass is 10.1. The van der Waals surface area contributed by atoms with Gasteiger partial charge in [-0.1, -0.05) is 25.7 Å². The number of carbonyl (C=O) groups excluding carboxylic acids is 2. The third kappa shape index (κ3) is 6.80. The first kappa shape index (κ1) is 20.6. The van der Waals surface area contributed by atoms with Crippen LogP contribution in [-0.2, 0) is 19.1 Å². The highest BCUT2D eigenvalue weighted by Crippen LogP contribution is 2.34. The van der Waals surface area contributed by atoms with Gasteiger partial charge in [-0.3, -0.25) is 9.59 Å². The maximum Gasteiger partial charge on any atom is 0.305 e. The van der Waals surface area contributed by atoms with Gasteiger partial charge in [-0.25, -0.2) is 0 Å². The van der Waals surface area contributed by atoms with E-state index in [0.717, 1.165) is 30.1 Å². The fourth-order valence-corrected chi connectivity index (χ4v) is 3.22. The molecule has 1 saturated heterocycles. The van der Waals surface area contributed by atoms with Gasteiger partial charge in [-0.05, 0) is 36.6 Å². The number of hydrogen-bond acceptors (Lipinski definition) is 6. The number of rotatable bonds is 11. The first-order valence-corrected chi connectivity index (χ1v) is 10.2. The number of aliphatic hydroxyl groups is 1. The van der Waals surface area contributed by atoms with Crippen molar-refractivity contribution in [2.24, 2.45) is 5.92 Å². The van der Waals surface area contributed by atoms with Gasteiger partial charge in [0.25, 0.3) is 5.91 Å². The van der Waals surface area contributed by atoms with Gasteiger partial charge < -0.3 is 24.8 Å². The molecule has 28 heavy (non-hydrogen) atoms. The van der Waals surface area contributed by atoms with Gasteiger partial charge in [0.15, 0.2) is 0 Å². The normalized spacial score (nSPS) is 18.0. The van der Waals surface area contributed by atoms with Crippen LogP contribution in [0.5, 0.6) is 0 Å². The summed E-state index contributed by atoms with van der Waals surface area (Å²) >= 11 is 0. The van der Waals surface area contributed by atoms with E-state index >= 15 is 0 Å². The van der Waals surface area contributed by atoms with Crippen LogP contribution in [0, 0.1) is 5.92 Å². The third-order valence-corrected chi connectivity index (χ3v) is 5.08. The van der Waals surface area contributed by atoms with Crippen molar-refractivity contribution in [1.29, 1.82) is 0 Å². The number of ether oxygens (including phenoxy) is 2. The molecule has 2 aliphatic rings. The average Bonchev–Trinajstić information content (AvgIpc) is 3.53. The minimum Gasteiger partial charge on any atom is -0.463 e. The van der Waals surface area contributed by atoms with Gasteiger partial charge in [0.1, 0.15) is 19.3 Å². The van der Waals surface area contributed by atoms with Crippen LogP contribution in [0.15, 0.2) is 24.3 Å². The highest BCUT2D eigenvalue weighted by atomic mass is 16.5. The topological polar surface area (TPSA) is 88.1 Å². The van der Waals surface area contributed by atoms with E-state index < -0.39 is 6.10 Å². The Kier molecular flexibility index (Phi) is 7.68. The molecule has 1 aromatic rings. The second kappa shape index (κ2) is 10.4. The smallest absolute Gasteiger partial charge is 0.305 e. The molecule has 154 valence electrons. The summed E-state index contributed by atoms with van der Waals surface area (Å²) in [6, 6.07) is 7.44. The van der Waals surface area contributed by atoms with Crippen LogP contribution < -0.4 is 10.2 Å². The highest BCUT2D eigenvalue weighted by molar-refractivity contribution is 5.95. The van der Waals surface area contributed by atoms with E-state index in [2.05, 4.69) is 5.32 Å². The molecule has 0 aromatic heterocycles. The predicted octanol–water partition coefficient (Wildman–Crippen LogP) is 2.34. The number of nitrogens with zero attached hydrogens (tertiary/aromatic N) is 1. The monoisotopic (exact) mass is 390 g/mol. The molecular weight excluding hydrogens is 360 g/mol. The Morgan fingerprint density at radius 1 is 1.29 bits per heavy atom. The van der Waals surface area contributed by atoms with E-state index in [0.29, 0.717) is 19.6 Å². The number of hydrogen-bond donors (Lipinski definition) is 2. The number of amides is 1. The van der Waals surface area contributed by atoms with Crippen LogP contribution in [0.4, 0.5) is 11.4 Å². The van der Waals surface area contributed by atoms with Crippen molar-refractivity contribution in [3.05, 3.63) is 24.3 Å². The zero-order chi connectivity index (χ0) is 19.8. The molecule has 1 aliphatic heterocycles. The van der Waals surface area contributed by atoms with Crippen molar-refractivity contribution in [2.75, 3.05) is 43.1 Å². The maximum absolute atomic E-state index is 11.8. The van der Waals surface area contributed by atoms with Crippen LogP contribution in [0.25, 0.3) is 0 Å². The van der Waals surface area contributed by atoms with Crippen molar-refractivity contribution in [3.63, 3.8) is 0 Å². The fraction of sp³-hybridized carbons (Fsp3) is 0.619. The van der Waals surface area contributed by atoms with Gasteiger partial charge in [-0.2, -0.15) is 0 Å². The summed E-state index contributed by atoms with van der Waals surface area (Å²) in [7, 11) is 0. The molecule has 1 atom stereocenters. The van der Waals surface area contributed by atoms with Crippen molar-refractivity contribution < 1.29 is 24.2 Å². The standard InChI is InChI=1S/C21H30N2O5/c24-19(14-28-21(26)4-2-1-3-16-5-6-16)13-22-17-7-9-18(10-8-17)23-11-12-27-15-20(23)25/h7-10,16,19,22,24H,1-6,11-15H2/t19-/m1/s1. The quantitative estimate of drug-likeness (QED) is 0.445. The van der Waals surface area contributed by atoms with Gasteiger partial charge in [-0.15, -0.1) is 0 Å². The Labute approximate surface area is 166 Å². The van der Waals surface area contributed by atoms with Crippen LogP contribution in [-0.4, -0.2) is 56.0 Å². The Morgan fingerprint density at radius 2 is 2.07 bits per heavy atom. The lowest BCUT2D eigenvalue weighted by Crippen LogP contribution is -2.41. The van der Waals surface area contributed by atoms with Gasteiger partial charge >= 0.3 is 5.97 Å². The summed E-state index contributed by atoms with van der Waals surface area (Å²) in [4.78, 5) is 25.3. The summed E-state index contributed by atoms with van der Waals surface area (Å²) in [5.41, 5.74) is 1.66. The van der Waals surface area contributed by atoms with Crippen LogP contribution >= 0.6 is 0 Å². The molecule has 0 spiro atoms. The van der Waals surface area contributed by atoms with Crippen LogP contribution in [0.2, 0.25) is 0 Å². The first-order chi connectivity index (χ1) is 13.6. The Hall–Kier alpha value is -2.12. The van der Waals surface area contributed by atoms with E-state index in [-0.39, 0.29) is 31.6 Å². The molecule has 1 saturated carbocycles. The van der Waals surface area contributed by atoms with Crippen molar-refractivity contribution in [1.82, 2.24) is 0 Å². The Bertz CT molecular complexity index is 645. The predicted molar refractivity (Wildman–Crippen MR) is 106 cm³/mol. The molecule has 1 heterocycles. The molecule has 1 aromatic carbocycles. The summed E-state index contributed by atoms with van der Waals surface area (Å²) in [6.45, 7) is 1.48. The minimum atomic E-state index is -0.768. The molecule has 2 fully saturated rings. The number of anilines is 2. The Morgan fingerprint density at radius 3 is 2.79 bits per heavy atom. The molecule has 0 radical (unpaired) electrons. The third-order valence-electron chi connectivity index (χ3n) is 5.08. The summed E-state index contributed by atoms with van der Waals surface area (Å²) in [6.07, 6.45) is 5.51. The summed E-state index contributed by atoms with van der Waals surface area (Å²) in [5.74, 6) is 0.610. The molecule has 7 nitrogen and oxygen atoms in total. The first-order valence-electron chi connectivity index (χ1n) is 10.2. The molecule has 1 aliphatic carbocycles. The van der Waals surface area contributed by atoms with Crippen molar-refractivity contribution in [3.8, 4) is 0 Å². The number of unbranched alkanes of at least 4 members (excludes halogenated alkanes) is 1. The lowest BCUT2D eigenvalue weighted by molar-refractivity contribution is -0.146. The second-order valence-corrected chi connectivity index (χ2v) is 7.55. The molecule has 0 unspecified atom stereocenters. The Balaban J connectivity index is 1.30. The van der Waals surface area contributed by atoms with Crippen LogP contribution in [0.1, 0.15) is 38.5 Å². The van der Waals surface area contributed by atoms with Crippen molar-refractivity contribution >= 4 is 23.3 Å². The van der Waals surface area contributed by atoms with Crippen molar-refractivity contribution in [2.45, 2.75) is 44.6 Å². The number of esters is 1. The largest absolute Gasteiger partial charge is 0.463 e. The molecule has 3 rings (SSSR count). The number of morpholine rings is 1. The molecular formula is C21H30N2O5. The van der Waals surface area contributed by atoms with E-state index in [1.165, 1.54) is 19.3 Å². The van der Waals surface area contributed by atoms with Gasteiger partial charge in [0.2, 0.25) is 0 Å². The minimum absolute atomic E-state index is 0.00514.